The molecule has 0 aliphatic carbocycles. The van der Waals surface area contributed by atoms with E-state index in [4.69, 9.17) is 0 Å². The van der Waals surface area contributed by atoms with Crippen molar-refractivity contribution in [2.24, 2.45) is 0 Å². The lowest BCUT2D eigenvalue weighted by Crippen LogP contribution is -2.12. The molecule has 1 N–H and O–H groups in total. The summed E-state index contributed by atoms with van der Waals surface area (Å²) in [5.41, 5.74) is 2.00. The highest BCUT2D eigenvalue weighted by Crippen LogP contribution is 2.26. The summed E-state index contributed by atoms with van der Waals surface area (Å²) < 4.78 is 0. The van der Waals surface area contributed by atoms with E-state index < -0.39 is 11.9 Å². The Morgan fingerprint density at radius 1 is 1.15 bits per heavy atom. The van der Waals surface area contributed by atoms with Crippen LogP contribution in [0.25, 0.3) is 0 Å². The molecule has 0 aliphatic heterocycles. The van der Waals surface area contributed by atoms with E-state index in [1.54, 1.807) is 11.8 Å². The fourth-order valence-electron chi connectivity index (χ4n) is 2.13. The van der Waals surface area contributed by atoms with E-state index in [9.17, 15) is 9.90 Å². The van der Waals surface area contributed by atoms with Gasteiger partial charge in [-0.1, -0.05) is 48.0 Å². The van der Waals surface area contributed by atoms with Gasteiger partial charge in [0, 0.05) is 4.90 Å². The summed E-state index contributed by atoms with van der Waals surface area (Å²) in [5, 5.41) is 9.41. The van der Waals surface area contributed by atoms with Crippen molar-refractivity contribution >= 4 is 17.7 Å². The minimum Gasteiger partial charge on any atom is -0.481 e. The lowest BCUT2D eigenvalue weighted by Gasteiger charge is -2.13. The number of carboxylic acids is 1. The number of rotatable bonds is 6. The number of thioether (sulfide) groups is 1. The zero-order valence-electron chi connectivity index (χ0n) is 11.5. The summed E-state index contributed by atoms with van der Waals surface area (Å²) in [6.07, 6.45) is 0.637. The van der Waals surface area contributed by atoms with Crippen molar-refractivity contribution in [3.05, 3.63) is 65.7 Å². The van der Waals surface area contributed by atoms with Gasteiger partial charge in [0.25, 0.3) is 0 Å². The van der Waals surface area contributed by atoms with Gasteiger partial charge in [-0.3, -0.25) is 4.79 Å². The quantitative estimate of drug-likeness (QED) is 0.802. The van der Waals surface area contributed by atoms with Gasteiger partial charge < -0.3 is 5.11 Å². The minimum atomic E-state index is -0.746. The van der Waals surface area contributed by atoms with Crippen LogP contribution in [0.2, 0.25) is 0 Å². The molecule has 2 aromatic rings. The van der Waals surface area contributed by atoms with Crippen molar-refractivity contribution in [3.8, 4) is 0 Å². The smallest absolute Gasteiger partial charge is 0.311 e. The standard InChI is InChI=1S/C17H18O2S/c1-13-6-5-7-14(12-13)16(17(18)19)10-11-20-15-8-3-2-4-9-15/h2-9,12,16H,10-11H2,1H3,(H,18,19). The number of aryl methyl sites for hydroxylation is 1. The average Bonchev–Trinajstić information content (AvgIpc) is 2.44. The Kier molecular flexibility index (Phi) is 5.24. The van der Waals surface area contributed by atoms with E-state index in [-0.39, 0.29) is 0 Å². The zero-order chi connectivity index (χ0) is 14.4. The van der Waals surface area contributed by atoms with Crippen molar-refractivity contribution < 1.29 is 9.90 Å². The Morgan fingerprint density at radius 3 is 2.55 bits per heavy atom. The molecular formula is C17H18O2S. The lowest BCUT2D eigenvalue weighted by molar-refractivity contribution is -0.138. The molecule has 1 atom stereocenters. The van der Waals surface area contributed by atoms with Gasteiger partial charge >= 0.3 is 5.97 Å². The summed E-state index contributed by atoms with van der Waals surface area (Å²) in [5.74, 6) is -0.370. The summed E-state index contributed by atoms with van der Waals surface area (Å²) in [6.45, 7) is 1.99. The van der Waals surface area contributed by atoms with Gasteiger partial charge in [-0.25, -0.2) is 0 Å². The number of carboxylic acid groups (broad SMARTS) is 1. The summed E-state index contributed by atoms with van der Waals surface area (Å²) in [6, 6.07) is 17.9. The van der Waals surface area contributed by atoms with Gasteiger partial charge in [0.15, 0.2) is 0 Å². The normalized spacial score (nSPS) is 12.1. The first-order valence-corrected chi connectivity index (χ1v) is 7.62. The molecule has 0 bridgehead atoms. The second-order valence-corrected chi connectivity index (χ2v) is 5.92. The average molecular weight is 286 g/mol. The van der Waals surface area contributed by atoms with Crippen LogP contribution in [-0.2, 0) is 4.79 Å². The molecule has 2 aromatic carbocycles. The van der Waals surface area contributed by atoms with E-state index in [0.717, 1.165) is 16.9 Å². The molecule has 2 nitrogen and oxygen atoms in total. The maximum Gasteiger partial charge on any atom is 0.311 e. The molecule has 0 aliphatic rings. The highest BCUT2D eigenvalue weighted by Gasteiger charge is 2.19. The molecule has 0 saturated carbocycles. The topological polar surface area (TPSA) is 37.3 Å². The summed E-state index contributed by atoms with van der Waals surface area (Å²) in [4.78, 5) is 12.6. The van der Waals surface area contributed by atoms with Gasteiger partial charge in [-0.05, 0) is 36.8 Å². The molecule has 0 radical (unpaired) electrons. The maximum absolute atomic E-state index is 11.4. The van der Waals surface area contributed by atoms with Crippen molar-refractivity contribution in [2.75, 3.05) is 5.75 Å². The van der Waals surface area contributed by atoms with E-state index in [1.165, 1.54) is 4.90 Å². The van der Waals surface area contributed by atoms with Crippen LogP contribution in [-0.4, -0.2) is 16.8 Å². The van der Waals surface area contributed by atoms with Crippen LogP contribution in [0.3, 0.4) is 0 Å². The minimum absolute atomic E-state index is 0.425. The molecule has 0 fully saturated rings. The first kappa shape index (κ1) is 14.7. The second kappa shape index (κ2) is 7.15. The third-order valence-corrected chi connectivity index (χ3v) is 4.21. The first-order valence-electron chi connectivity index (χ1n) is 6.64. The Morgan fingerprint density at radius 2 is 1.90 bits per heavy atom. The van der Waals surface area contributed by atoms with E-state index >= 15 is 0 Å². The fourth-order valence-corrected chi connectivity index (χ4v) is 3.07. The molecule has 0 spiro atoms. The van der Waals surface area contributed by atoms with Crippen LogP contribution >= 0.6 is 11.8 Å². The molecule has 0 saturated heterocycles. The third-order valence-electron chi connectivity index (χ3n) is 3.16. The molecular weight excluding hydrogens is 268 g/mol. The first-order chi connectivity index (χ1) is 9.66. The van der Waals surface area contributed by atoms with Crippen molar-refractivity contribution in [1.82, 2.24) is 0 Å². The third kappa shape index (κ3) is 4.14. The van der Waals surface area contributed by atoms with Crippen LogP contribution < -0.4 is 0 Å². The molecule has 104 valence electrons. The highest BCUT2D eigenvalue weighted by molar-refractivity contribution is 7.99. The number of hydrogen-bond donors (Lipinski definition) is 1. The number of aliphatic carboxylic acids is 1. The number of benzene rings is 2. The van der Waals surface area contributed by atoms with Gasteiger partial charge in [-0.15, -0.1) is 11.8 Å². The van der Waals surface area contributed by atoms with E-state index in [0.29, 0.717) is 6.42 Å². The van der Waals surface area contributed by atoms with Gasteiger partial charge in [-0.2, -0.15) is 0 Å². The Bertz CT molecular complexity index is 566. The molecule has 0 aromatic heterocycles. The monoisotopic (exact) mass is 286 g/mol. The number of carbonyl (C=O) groups is 1. The Labute approximate surface area is 123 Å². The van der Waals surface area contributed by atoms with E-state index in [1.807, 2.05) is 61.5 Å². The van der Waals surface area contributed by atoms with E-state index in [2.05, 4.69) is 0 Å². The van der Waals surface area contributed by atoms with Crippen LogP contribution in [0.4, 0.5) is 0 Å². The maximum atomic E-state index is 11.4. The van der Waals surface area contributed by atoms with Crippen LogP contribution in [0.1, 0.15) is 23.5 Å². The van der Waals surface area contributed by atoms with Crippen molar-refractivity contribution in [3.63, 3.8) is 0 Å². The largest absolute Gasteiger partial charge is 0.481 e. The summed E-state index contributed by atoms with van der Waals surface area (Å²) >= 11 is 1.70. The summed E-state index contributed by atoms with van der Waals surface area (Å²) in [7, 11) is 0. The Balaban J connectivity index is 1.98. The molecule has 3 heteroatoms. The molecule has 0 heterocycles. The predicted octanol–water partition coefficient (Wildman–Crippen LogP) is 4.35. The van der Waals surface area contributed by atoms with Gasteiger partial charge in [0.2, 0.25) is 0 Å². The van der Waals surface area contributed by atoms with Crippen LogP contribution in [0, 0.1) is 6.92 Å². The van der Waals surface area contributed by atoms with Gasteiger partial charge in [0.05, 0.1) is 5.92 Å². The van der Waals surface area contributed by atoms with Crippen LogP contribution in [0.5, 0.6) is 0 Å². The number of hydrogen-bond acceptors (Lipinski definition) is 2. The highest BCUT2D eigenvalue weighted by atomic mass is 32.2. The van der Waals surface area contributed by atoms with Gasteiger partial charge in [0.1, 0.15) is 0 Å². The molecule has 2 rings (SSSR count). The van der Waals surface area contributed by atoms with Crippen LogP contribution in [0.15, 0.2) is 59.5 Å². The second-order valence-electron chi connectivity index (χ2n) is 4.76. The molecule has 20 heavy (non-hydrogen) atoms. The molecule has 0 amide bonds. The fraction of sp³-hybridized carbons (Fsp3) is 0.235. The molecule has 1 unspecified atom stereocenters. The Hall–Kier alpha value is -1.74. The predicted molar refractivity (Wildman–Crippen MR) is 83.3 cm³/mol. The zero-order valence-corrected chi connectivity index (χ0v) is 12.3. The SMILES string of the molecule is Cc1cccc(C(CCSc2ccccc2)C(=O)O)c1. The lowest BCUT2D eigenvalue weighted by atomic mass is 9.95. The van der Waals surface area contributed by atoms with Crippen molar-refractivity contribution in [1.29, 1.82) is 0 Å². The van der Waals surface area contributed by atoms with Crippen molar-refractivity contribution in [2.45, 2.75) is 24.2 Å².